The van der Waals surface area contributed by atoms with Crippen LogP contribution in [0.2, 0.25) is 0 Å². The second-order valence-electron chi connectivity index (χ2n) is 4.94. The van der Waals surface area contributed by atoms with E-state index in [9.17, 15) is 4.79 Å². The summed E-state index contributed by atoms with van der Waals surface area (Å²) in [4.78, 5) is 17.3. The number of aromatic nitrogens is 1. The molecule has 4 heteroatoms. The van der Waals surface area contributed by atoms with Crippen molar-refractivity contribution in [2.24, 2.45) is 5.92 Å². The van der Waals surface area contributed by atoms with Crippen molar-refractivity contribution in [1.29, 1.82) is 0 Å². The summed E-state index contributed by atoms with van der Waals surface area (Å²) in [6, 6.07) is 4.17. The Morgan fingerprint density at radius 3 is 2.94 bits per heavy atom. The Hall–Kier alpha value is -1.42. The Labute approximate surface area is 101 Å². The molecule has 0 aromatic carbocycles. The normalized spacial score (nSPS) is 25.1. The van der Waals surface area contributed by atoms with Crippen LogP contribution in [0.1, 0.15) is 36.3 Å². The predicted octanol–water partition coefficient (Wildman–Crippen LogP) is 2.01. The van der Waals surface area contributed by atoms with Crippen LogP contribution in [-0.4, -0.2) is 33.5 Å². The topological polar surface area (TPSA) is 53.4 Å². The lowest BCUT2D eigenvalue weighted by atomic mass is 10.1. The molecule has 0 radical (unpaired) electrons. The molecule has 0 saturated carbocycles. The van der Waals surface area contributed by atoms with Crippen LogP contribution >= 0.6 is 0 Å². The number of rotatable bonds is 3. The number of aromatic carboxylic acids is 1. The van der Waals surface area contributed by atoms with E-state index in [1.54, 1.807) is 6.07 Å². The van der Waals surface area contributed by atoms with Crippen LogP contribution in [0.15, 0.2) is 18.3 Å². The molecule has 1 aliphatic rings. The van der Waals surface area contributed by atoms with E-state index in [2.05, 4.69) is 23.7 Å². The van der Waals surface area contributed by atoms with E-state index < -0.39 is 5.97 Å². The number of hydrogen-bond acceptors (Lipinski definition) is 3. The van der Waals surface area contributed by atoms with Gasteiger partial charge in [-0.05, 0) is 30.9 Å². The van der Waals surface area contributed by atoms with Crippen LogP contribution in [0.3, 0.4) is 0 Å². The van der Waals surface area contributed by atoms with Crippen molar-refractivity contribution < 1.29 is 9.90 Å². The molecule has 1 aromatic rings. The molecule has 2 rings (SSSR count). The Kier molecular flexibility index (Phi) is 3.43. The minimum Gasteiger partial charge on any atom is -0.477 e. The minimum absolute atomic E-state index is 0.180. The summed E-state index contributed by atoms with van der Waals surface area (Å²) in [6.45, 7) is 6.15. The van der Waals surface area contributed by atoms with Crippen molar-refractivity contribution in [3.05, 3.63) is 29.6 Å². The van der Waals surface area contributed by atoms with E-state index >= 15 is 0 Å². The lowest BCUT2D eigenvalue weighted by molar-refractivity contribution is 0.0687. The molecular weight excluding hydrogens is 216 g/mol. The van der Waals surface area contributed by atoms with Crippen molar-refractivity contribution in [3.8, 4) is 0 Å². The number of pyridine rings is 1. The molecule has 1 aliphatic heterocycles. The monoisotopic (exact) mass is 234 g/mol. The maximum Gasteiger partial charge on any atom is 0.354 e. The lowest BCUT2D eigenvalue weighted by Gasteiger charge is -2.21. The number of likely N-dealkylation sites (tertiary alicyclic amines) is 1. The number of carbonyl (C=O) groups is 1. The van der Waals surface area contributed by atoms with Crippen LogP contribution in [0, 0.1) is 5.92 Å². The fourth-order valence-electron chi connectivity index (χ4n) is 2.58. The third-order valence-corrected chi connectivity index (χ3v) is 3.38. The molecule has 1 N–H and O–H groups in total. The molecule has 1 saturated heterocycles. The van der Waals surface area contributed by atoms with Crippen LogP contribution in [0.4, 0.5) is 0 Å². The van der Waals surface area contributed by atoms with E-state index in [0.29, 0.717) is 18.5 Å². The van der Waals surface area contributed by atoms with Gasteiger partial charge in [0.05, 0.1) is 0 Å². The zero-order valence-corrected chi connectivity index (χ0v) is 10.3. The molecular formula is C13H18N2O2. The summed E-state index contributed by atoms with van der Waals surface area (Å²) >= 11 is 0. The highest BCUT2D eigenvalue weighted by Gasteiger charge is 2.27. The van der Waals surface area contributed by atoms with Gasteiger partial charge in [-0.25, -0.2) is 9.78 Å². The third-order valence-electron chi connectivity index (χ3n) is 3.38. The molecule has 1 fully saturated rings. The average molecular weight is 234 g/mol. The van der Waals surface area contributed by atoms with Crippen molar-refractivity contribution in [1.82, 2.24) is 9.88 Å². The highest BCUT2D eigenvalue weighted by molar-refractivity contribution is 5.86. The van der Waals surface area contributed by atoms with E-state index in [-0.39, 0.29) is 5.69 Å². The van der Waals surface area contributed by atoms with Crippen molar-refractivity contribution in [2.75, 3.05) is 6.54 Å². The molecule has 2 unspecified atom stereocenters. The van der Waals surface area contributed by atoms with E-state index in [1.165, 1.54) is 12.6 Å². The summed E-state index contributed by atoms with van der Waals surface area (Å²) in [5.74, 6) is -0.254. The number of hydrogen-bond donors (Lipinski definition) is 1. The Morgan fingerprint density at radius 2 is 2.35 bits per heavy atom. The molecule has 2 atom stereocenters. The summed E-state index contributed by atoms with van der Waals surface area (Å²) in [6.07, 6.45) is 2.71. The molecule has 0 aliphatic carbocycles. The van der Waals surface area contributed by atoms with Gasteiger partial charge in [0.2, 0.25) is 0 Å². The van der Waals surface area contributed by atoms with Crippen LogP contribution in [-0.2, 0) is 6.54 Å². The quantitative estimate of drug-likeness (QED) is 0.869. The van der Waals surface area contributed by atoms with Gasteiger partial charge in [0.1, 0.15) is 0 Å². The van der Waals surface area contributed by atoms with E-state index in [0.717, 1.165) is 12.1 Å². The Morgan fingerprint density at radius 1 is 1.59 bits per heavy atom. The summed E-state index contributed by atoms with van der Waals surface area (Å²) in [5.41, 5.74) is 0.986. The highest BCUT2D eigenvalue weighted by atomic mass is 16.4. The summed E-state index contributed by atoms with van der Waals surface area (Å²) < 4.78 is 0. The fourth-order valence-corrected chi connectivity index (χ4v) is 2.58. The second-order valence-corrected chi connectivity index (χ2v) is 4.94. The van der Waals surface area contributed by atoms with E-state index in [1.807, 2.05) is 6.07 Å². The first kappa shape index (κ1) is 12.0. The molecule has 17 heavy (non-hydrogen) atoms. The van der Waals surface area contributed by atoms with Crippen molar-refractivity contribution >= 4 is 5.97 Å². The summed E-state index contributed by atoms with van der Waals surface area (Å²) in [7, 11) is 0. The van der Waals surface area contributed by atoms with Gasteiger partial charge in [-0.3, -0.25) is 4.90 Å². The van der Waals surface area contributed by atoms with Gasteiger partial charge >= 0.3 is 5.97 Å². The fraction of sp³-hybridized carbons (Fsp3) is 0.538. The largest absolute Gasteiger partial charge is 0.477 e. The van der Waals surface area contributed by atoms with Gasteiger partial charge in [-0.15, -0.1) is 0 Å². The van der Waals surface area contributed by atoms with Gasteiger partial charge in [0.25, 0.3) is 0 Å². The molecule has 0 spiro atoms. The number of nitrogens with zero attached hydrogens (tertiary/aromatic N) is 2. The smallest absolute Gasteiger partial charge is 0.354 e. The first-order valence-electron chi connectivity index (χ1n) is 5.99. The van der Waals surface area contributed by atoms with Gasteiger partial charge in [0.15, 0.2) is 5.69 Å². The average Bonchev–Trinajstić information content (AvgIpc) is 2.58. The number of carboxylic acids is 1. The first-order chi connectivity index (χ1) is 8.08. The Bertz CT molecular complexity index is 420. The zero-order chi connectivity index (χ0) is 12.4. The zero-order valence-electron chi connectivity index (χ0n) is 10.3. The van der Waals surface area contributed by atoms with Gasteiger partial charge < -0.3 is 5.11 Å². The van der Waals surface area contributed by atoms with E-state index in [4.69, 9.17) is 5.11 Å². The molecule has 0 amide bonds. The number of carboxylic acid groups (broad SMARTS) is 1. The highest BCUT2D eigenvalue weighted by Crippen LogP contribution is 2.24. The van der Waals surface area contributed by atoms with Crippen LogP contribution in [0.25, 0.3) is 0 Å². The maximum absolute atomic E-state index is 11.1. The van der Waals surface area contributed by atoms with Gasteiger partial charge in [0, 0.05) is 25.3 Å². The third kappa shape index (κ3) is 2.64. The summed E-state index contributed by atoms with van der Waals surface area (Å²) in [5, 5.41) is 9.08. The van der Waals surface area contributed by atoms with Crippen molar-refractivity contribution in [2.45, 2.75) is 32.9 Å². The standard InChI is InChI=1S/C13H18N2O2/c1-9-6-10(2)15(7-9)8-11-4-3-5-14-12(11)13(16)17/h3-5,9-10H,6-8H2,1-2H3,(H,16,17). The molecule has 4 nitrogen and oxygen atoms in total. The van der Waals surface area contributed by atoms with Gasteiger partial charge in [-0.1, -0.05) is 13.0 Å². The van der Waals surface area contributed by atoms with Crippen LogP contribution < -0.4 is 0 Å². The SMILES string of the molecule is CC1CC(C)N(Cc2cccnc2C(=O)O)C1. The second kappa shape index (κ2) is 4.84. The van der Waals surface area contributed by atoms with Crippen molar-refractivity contribution in [3.63, 3.8) is 0 Å². The Balaban J connectivity index is 2.16. The van der Waals surface area contributed by atoms with Gasteiger partial charge in [-0.2, -0.15) is 0 Å². The lowest BCUT2D eigenvalue weighted by Crippen LogP contribution is -2.27. The minimum atomic E-state index is -0.944. The molecule has 2 heterocycles. The first-order valence-corrected chi connectivity index (χ1v) is 5.99. The maximum atomic E-state index is 11.1. The predicted molar refractivity (Wildman–Crippen MR) is 64.8 cm³/mol. The molecule has 92 valence electrons. The molecule has 0 bridgehead atoms. The van der Waals surface area contributed by atoms with Crippen LogP contribution in [0.5, 0.6) is 0 Å². The molecule has 1 aromatic heterocycles.